The molecule has 1 aromatic carbocycles. The van der Waals surface area contributed by atoms with Crippen molar-refractivity contribution in [2.24, 2.45) is 5.73 Å². The standard InChI is InChI=1S/C13H18FN3O2/c14-10-1-3-11(4-2-10)16-13(18)8-17-5-6-19-9-12(17)7-15/h1-4,12H,5-9,15H2,(H,16,18). The number of carbonyl (C=O) groups is 1. The van der Waals surface area contributed by atoms with Gasteiger partial charge in [0.1, 0.15) is 5.82 Å². The van der Waals surface area contributed by atoms with E-state index in [9.17, 15) is 9.18 Å². The van der Waals surface area contributed by atoms with E-state index in [1.165, 1.54) is 24.3 Å². The molecule has 104 valence electrons. The summed E-state index contributed by atoms with van der Waals surface area (Å²) in [6.45, 7) is 2.59. The summed E-state index contributed by atoms with van der Waals surface area (Å²) in [6, 6.07) is 5.77. The second kappa shape index (κ2) is 6.60. The highest BCUT2D eigenvalue weighted by atomic mass is 19.1. The van der Waals surface area contributed by atoms with E-state index in [1.54, 1.807) is 0 Å². The average Bonchev–Trinajstić information content (AvgIpc) is 2.42. The van der Waals surface area contributed by atoms with E-state index in [1.807, 2.05) is 4.90 Å². The molecular formula is C13H18FN3O2. The lowest BCUT2D eigenvalue weighted by Crippen LogP contribution is -2.51. The Balaban J connectivity index is 1.88. The van der Waals surface area contributed by atoms with Crippen molar-refractivity contribution >= 4 is 11.6 Å². The molecule has 19 heavy (non-hydrogen) atoms. The number of anilines is 1. The summed E-state index contributed by atoms with van der Waals surface area (Å²) in [5.74, 6) is -0.457. The summed E-state index contributed by atoms with van der Waals surface area (Å²) < 4.78 is 18.1. The van der Waals surface area contributed by atoms with E-state index in [0.717, 1.165) is 0 Å². The van der Waals surface area contributed by atoms with Crippen molar-refractivity contribution in [2.45, 2.75) is 6.04 Å². The van der Waals surface area contributed by atoms with Gasteiger partial charge >= 0.3 is 0 Å². The molecule has 0 bridgehead atoms. The van der Waals surface area contributed by atoms with Crippen molar-refractivity contribution in [3.05, 3.63) is 30.1 Å². The Kier molecular flexibility index (Phi) is 4.84. The molecule has 0 aliphatic carbocycles. The van der Waals surface area contributed by atoms with Gasteiger partial charge in [-0.3, -0.25) is 9.69 Å². The van der Waals surface area contributed by atoms with E-state index in [2.05, 4.69) is 5.32 Å². The fourth-order valence-electron chi connectivity index (χ4n) is 2.03. The molecule has 1 aliphatic heterocycles. The van der Waals surface area contributed by atoms with Crippen LogP contribution in [-0.2, 0) is 9.53 Å². The molecular weight excluding hydrogens is 249 g/mol. The predicted octanol–water partition coefficient (Wildman–Crippen LogP) is 0.424. The fraction of sp³-hybridized carbons (Fsp3) is 0.462. The van der Waals surface area contributed by atoms with Crippen molar-refractivity contribution in [3.8, 4) is 0 Å². The van der Waals surface area contributed by atoms with Crippen LogP contribution in [0.15, 0.2) is 24.3 Å². The normalized spacial score (nSPS) is 20.2. The quantitative estimate of drug-likeness (QED) is 0.830. The van der Waals surface area contributed by atoms with Crippen LogP contribution >= 0.6 is 0 Å². The number of rotatable bonds is 4. The van der Waals surface area contributed by atoms with Crippen LogP contribution in [0.5, 0.6) is 0 Å². The van der Waals surface area contributed by atoms with Gasteiger partial charge in [0, 0.05) is 24.8 Å². The Morgan fingerprint density at radius 2 is 2.21 bits per heavy atom. The first-order valence-corrected chi connectivity index (χ1v) is 6.26. The second-order valence-corrected chi connectivity index (χ2v) is 4.49. The number of hydrogen-bond donors (Lipinski definition) is 2. The number of carbonyl (C=O) groups excluding carboxylic acids is 1. The minimum Gasteiger partial charge on any atom is -0.378 e. The largest absolute Gasteiger partial charge is 0.378 e. The predicted molar refractivity (Wildman–Crippen MR) is 70.3 cm³/mol. The first-order chi connectivity index (χ1) is 9.19. The summed E-state index contributed by atoms with van der Waals surface area (Å²) in [5.41, 5.74) is 6.23. The molecule has 0 saturated carbocycles. The van der Waals surface area contributed by atoms with Gasteiger partial charge in [-0.15, -0.1) is 0 Å². The SMILES string of the molecule is NCC1COCCN1CC(=O)Nc1ccc(F)cc1. The van der Waals surface area contributed by atoms with Crippen molar-refractivity contribution in [2.75, 3.05) is 38.2 Å². The lowest BCUT2D eigenvalue weighted by molar-refractivity contribution is -0.119. The van der Waals surface area contributed by atoms with E-state index in [-0.39, 0.29) is 24.3 Å². The Bertz CT molecular complexity index is 424. The number of amides is 1. The Hall–Kier alpha value is -1.50. The van der Waals surface area contributed by atoms with Crippen LogP contribution in [0.1, 0.15) is 0 Å². The minimum absolute atomic E-state index is 0.0766. The highest BCUT2D eigenvalue weighted by Gasteiger charge is 2.23. The zero-order valence-corrected chi connectivity index (χ0v) is 10.6. The number of morpholine rings is 1. The molecule has 1 aromatic rings. The van der Waals surface area contributed by atoms with Gasteiger partial charge in [0.15, 0.2) is 0 Å². The summed E-state index contributed by atoms with van der Waals surface area (Å²) in [6.07, 6.45) is 0. The van der Waals surface area contributed by atoms with Gasteiger partial charge in [0.2, 0.25) is 5.91 Å². The molecule has 1 atom stereocenters. The van der Waals surface area contributed by atoms with Gasteiger partial charge in [-0.2, -0.15) is 0 Å². The van der Waals surface area contributed by atoms with E-state index >= 15 is 0 Å². The molecule has 3 N–H and O–H groups in total. The van der Waals surface area contributed by atoms with E-state index in [4.69, 9.17) is 10.5 Å². The first kappa shape index (κ1) is 13.9. The maximum Gasteiger partial charge on any atom is 0.238 e. The molecule has 6 heteroatoms. The van der Waals surface area contributed by atoms with Crippen LogP contribution in [0, 0.1) is 5.82 Å². The molecule has 1 fully saturated rings. The van der Waals surface area contributed by atoms with Crippen LogP contribution in [0.25, 0.3) is 0 Å². The van der Waals surface area contributed by atoms with E-state index < -0.39 is 0 Å². The van der Waals surface area contributed by atoms with Gasteiger partial charge in [-0.25, -0.2) is 4.39 Å². The number of hydrogen-bond acceptors (Lipinski definition) is 4. The van der Waals surface area contributed by atoms with Gasteiger partial charge < -0.3 is 15.8 Å². The fourth-order valence-corrected chi connectivity index (χ4v) is 2.03. The number of benzene rings is 1. The average molecular weight is 267 g/mol. The van der Waals surface area contributed by atoms with Crippen molar-refractivity contribution in [1.29, 1.82) is 0 Å². The third-order valence-electron chi connectivity index (χ3n) is 3.10. The molecule has 1 aliphatic rings. The third kappa shape index (κ3) is 3.99. The van der Waals surface area contributed by atoms with Gasteiger partial charge in [0.05, 0.1) is 19.8 Å². The van der Waals surface area contributed by atoms with Crippen molar-refractivity contribution < 1.29 is 13.9 Å². The van der Waals surface area contributed by atoms with Crippen LogP contribution in [0.2, 0.25) is 0 Å². The molecule has 1 amide bonds. The highest BCUT2D eigenvalue weighted by Crippen LogP contribution is 2.09. The molecule has 0 spiro atoms. The monoisotopic (exact) mass is 267 g/mol. The van der Waals surface area contributed by atoms with Crippen LogP contribution < -0.4 is 11.1 Å². The highest BCUT2D eigenvalue weighted by molar-refractivity contribution is 5.92. The zero-order chi connectivity index (χ0) is 13.7. The molecule has 1 unspecified atom stereocenters. The number of nitrogens with two attached hydrogens (primary N) is 1. The van der Waals surface area contributed by atoms with Crippen LogP contribution in [0.4, 0.5) is 10.1 Å². The zero-order valence-electron chi connectivity index (χ0n) is 10.6. The molecule has 1 saturated heterocycles. The Morgan fingerprint density at radius 1 is 1.47 bits per heavy atom. The lowest BCUT2D eigenvalue weighted by atomic mass is 10.2. The molecule has 1 heterocycles. The van der Waals surface area contributed by atoms with E-state index in [0.29, 0.717) is 32.0 Å². The summed E-state index contributed by atoms with van der Waals surface area (Å²) >= 11 is 0. The van der Waals surface area contributed by atoms with Crippen molar-refractivity contribution in [3.63, 3.8) is 0 Å². The second-order valence-electron chi connectivity index (χ2n) is 4.49. The minimum atomic E-state index is -0.325. The number of nitrogens with one attached hydrogen (secondary N) is 1. The number of ether oxygens (including phenoxy) is 1. The smallest absolute Gasteiger partial charge is 0.238 e. The summed E-state index contributed by atoms with van der Waals surface area (Å²) in [7, 11) is 0. The third-order valence-corrected chi connectivity index (χ3v) is 3.10. The molecule has 2 rings (SSSR count). The van der Waals surface area contributed by atoms with Gasteiger partial charge in [0.25, 0.3) is 0 Å². The molecule has 5 nitrogen and oxygen atoms in total. The molecule has 0 radical (unpaired) electrons. The molecule has 0 aromatic heterocycles. The lowest BCUT2D eigenvalue weighted by Gasteiger charge is -2.34. The van der Waals surface area contributed by atoms with Gasteiger partial charge in [-0.05, 0) is 24.3 Å². The van der Waals surface area contributed by atoms with Gasteiger partial charge in [-0.1, -0.05) is 0 Å². The number of nitrogens with zero attached hydrogens (tertiary/aromatic N) is 1. The van der Waals surface area contributed by atoms with Crippen LogP contribution in [0.3, 0.4) is 0 Å². The van der Waals surface area contributed by atoms with Crippen molar-refractivity contribution in [1.82, 2.24) is 4.90 Å². The summed E-state index contributed by atoms with van der Waals surface area (Å²) in [4.78, 5) is 13.9. The summed E-state index contributed by atoms with van der Waals surface area (Å²) in [5, 5.41) is 2.73. The maximum absolute atomic E-state index is 12.7. The maximum atomic E-state index is 12.7. The first-order valence-electron chi connectivity index (χ1n) is 6.26. The number of halogens is 1. The Morgan fingerprint density at radius 3 is 2.89 bits per heavy atom. The Labute approximate surface area is 111 Å². The topological polar surface area (TPSA) is 67.6 Å². The van der Waals surface area contributed by atoms with Crippen LogP contribution in [-0.4, -0.2) is 49.7 Å².